The van der Waals surface area contributed by atoms with Gasteiger partial charge in [0.05, 0.1) is 19.8 Å². The Morgan fingerprint density at radius 2 is 1.52 bits per heavy atom. The van der Waals surface area contributed by atoms with Crippen molar-refractivity contribution in [1.82, 2.24) is 26.6 Å². The first-order valence-electron chi connectivity index (χ1n) is 16.4. The van der Waals surface area contributed by atoms with Gasteiger partial charge in [0.25, 0.3) is 0 Å². The van der Waals surface area contributed by atoms with Crippen molar-refractivity contribution in [3.63, 3.8) is 0 Å². The van der Waals surface area contributed by atoms with E-state index >= 15 is 0 Å². The number of benzene rings is 1. The smallest absolute Gasteiger partial charge is 0.408 e. The predicted octanol–water partition coefficient (Wildman–Crippen LogP) is 2.22. The summed E-state index contributed by atoms with van der Waals surface area (Å²) >= 11 is 0. The van der Waals surface area contributed by atoms with E-state index in [1.54, 1.807) is 31.2 Å². The van der Waals surface area contributed by atoms with Crippen LogP contribution in [-0.2, 0) is 40.1 Å². The Labute approximate surface area is 283 Å². The number of aliphatic hydroxyl groups excluding tert-OH is 1. The SMILES string of the molecule is CCC[C@](CC)(NC(=O)C(C)(C)NC(=O)OCc1ccccc1)C(=O)N[C@@H](CCC(=O)OC)C(=O)N[C@@H](C)C(=O)N[C@H](CO)CC(C)C. The van der Waals surface area contributed by atoms with E-state index in [2.05, 4.69) is 26.6 Å². The fourth-order valence-corrected chi connectivity index (χ4v) is 4.91. The number of alkyl carbamates (subject to hydrolysis) is 1. The average Bonchev–Trinajstić information content (AvgIpc) is 3.04. The molecule has 0 aliphatic heterocycles. The Bertz CT molecular complexity index is 1220. The summed E-state index contributed by atoms with van der Waals surface area (Å²) in [4.78, 5) is 78.2. The summed E-state index contributed by atoms with van der Waals surface area (Å²) in [5.74, 6) is -2.99. The van der Waals surface area contributed by atoms with Gasteiger partial charge >= 0.3 is 12.1 Å². The topological polar surface area (TPSA) is 201 Å². The van der Waals surface area contributed by atoms with Crippen molar-refractivity contribution in [2.45, 2.75) is 123 Å². The van der Waals surface area contributed by atoms with Gasteiger partial charge in [0.1, 0.15) is 29.8 Å². The molecule has 48 heavy (non-hydrogen) atoms. The normalized spacial score (nSPS) is 14.4. The number of carbonyl (C=O) groups excluding carboxylic acids is 6. The molecule has 0 spiro atoms. The Kier molecular flexibility index (Phi) is 17.6. The molecule has 1 rings (SSSR count). The second-order valence-electron chi connectivity index (χ2n) is 12.8. The molecule has 5 amide bonds. The molecule has 0 bridgehead atoms. The van der Waals surface area contributed by atoms with Crippen LogP contribution in [0.4, 0.5) is 4.79 Å². The van der Waals surface area contributed by atoms with Crippen molar-refractivity contribution in [3.8, 4) is 0 Å². The maximum atomic E-state index is 13.9. The Balaban J connectivity index is 3.11. The number of hydrogen-bond acceptors (Lipinski definition) is 9. The monoisotopic (exact) mass is 677 g/mol. The van der Waals surface area contributed by atoms with E-state index in [0.29, 0.717) is 12.8 Å². The zero-order valence-electron chi connectivity index (χ0n) is 29.6. The molecule has 0 unspecified atom stereocenters. The predicted molar refractivity (Wildman–Crippen MR) is 179 cm³/mol. The maximum Gasteiger partial charge on any atom is 0.408 e. The van der Waals surface area contributed by atoms with Gasteiger partial charge in [-0.2, -0.15) is 0 Å². The van der Waals surface area contributed by atoms with Crippen molar-refractivity contribution in [1.29, 1.82) is 0 Å². The fourth-order valence-electron chi connectivity index (χ4n) is 4.91. The number of carbonyl (C=O) groups is 6. The standard InChI is InChI=1S/C34H55N5O9/c1-9-18-34(10-2,38-30(44)33(6,7)39-32(46)48-21-24-14-12-11-13-15-24)31(45)37-26(16-17-27(41)47-8)29(43)35-23(5)28(42)36-25(20-40)19-22(3)4/h11-15,22-23,25-26,40H,9-10,16-21H2,1-8H3,(H,35,43)(H,36,42)(H,37,45)(H,38,44)(H,39,46)/t23-,25-,26-,34-/m0/s1. The average molecular weight is 678 g/mol. The second-order valence-corrected chi connectivity index (χ2v) is 12.8. The van der Waals surface area contributed by atoms with E-state index < -0.39 is 64.9 Å². The van der Waals surface area contributed by atoms with E-state index in [1.807, 2.05) is 26.8 Å². The molecule has 14 heteroatoms. The lowest BCUT2D eigenvalue weighted by Crippen LogP contribution is -2.66. The summed E-state index contributed by atoms with van der Waals surface area (Å²) in [6.45, 7) is 11.6. The quantitative estimate of drug-likeness (QED) is 0.112. The number of rotatable bonds is 20. The largest absolute Gasteiger partial charge is 0.469 e. The lowest BCUT2D eigenvalue weighted by atomic mass is 9.87. The highest BCUT2D eigenvalue weighted by Gasteiger charge is 2.43. The highest BCUT2D eigenvalue weighted by atomic mass is 16.5. The van der Waals surface area contributed by atoms with E-state index in [1.165, 1.54) is 27.9 Å². The minimum absolute atomic E-state index is 0.00320. The molecule has 0 aliphatic carbocycles. The minimum atomic E-state index is -1.49. The van der Waals surface area contributed by atoms with Crippen LogP contribution in [0.2, 0.25) is 0 Å². The molecule has 0 fully saturated rings. The first-order valence-corrected chi connectivity index (χ1v) is 16.4. The lowest BCUT2D eigenvalue weighted by molar-refractivity contribution is -0.142. The highest BCUT2D eigenvalue weighted by molar-refractivity contribution is 5.98. The summed E-state index contributed by atoms with van der Waals surface area (Å²) in [5.41, 5.74) is -2.22. The van der Waals surface area contributed by atoms with Gasteiger partial charge in [0.2, 0.25) is 23.6 Å². The molecule has 0 saturated carbocycles. The molecular weight excluding hydrogens is 622 g/mol. The number of esters is 1. The summed E-state index contributed by atoms with van der Waals surface area (Å²) in [6.07, 6.45) is 0.155. The van der Waals surface area contributed by atoms with Gasteiger partial charge in [-0.3, -0.25) is 24.0 Å². The maximum absolute atomic E-state index is 13.9. The van der Waals surface area contributed by atoms with Crippen molar-refractivity contribution < 1.29 is 43.3 Å². The van der Waals surface area contributed by atoms with E-state index in [4.69, 9.17) is 9.47 Å². The molecule has 6 N–H and O–H groups in total. The molecule has 0 saturated heterocycles. The first kappa shape index (κ1) is 41.8. The fraction of sp³-hybridized carbons (Fsp3) is 0.647. The lowest BCUT2D eigenvalue weighted by Gasteiger charge is -2.37. The van der Waals surface area contributed by atoms with Gasteiger partial charge < -0.3 is 41.2 Å². The zero-order valence-corrected chi connectivity index (χ0v) is 29.6. The third-order valence-corrected chi connectivity index (χ3v) is 7.82. The summed E-state index contributed by atoms with van der Waals surface area (Å²) < 4.78 is 9.97. The molecule has 14 nitrogen and oxygen atoms in total. The van der Waals surface area contributed by atoms with Crippen molar-refractivity contribution in [2.75, 3.05) is 13.7 Å². The van der Waals surface area contributed by atoms with Crippen molar-refractivity contribution >= 4 is 35.7 Å². The molecule has 0 aromatic heterocycles. The van der Waals surface area contributed by atoms with Gasteiger partial charge in [0.15, 0.2) is 0 Å². The number of amides is 5. The number of ether oxygens (including phenoxy) is 2. The van der Waals surface area contributed by atoms with E-state index in [9.17, 15) is 33.9 Å². The minimum Gasteiger partial charge on any atom is -0.469 e. The van der Waals surface area contributed by atoms with Gasteiger partial charge in [-0.1, -0.05) is 64.4 Å². The number of nitrogens with one attached hydrogen (secondary N) is 5. The van der Waals surface area contributed by atoms with Crippen LogP contribution in [0.1, 0.15) is 92.6 Å². The van der Waals surface area contributed by atoms with Gasteiger partial charge in [0, 0.05) is 6.42 Å². The van der Waals surface area contributed by atoms with Crippen molar-refractivity contribution in [2.24, 2.45) is 5.92 Å². The third-order valence-electron chi connectivity index (χ3n) is 7.82. The van der Waals surface area contributed by atoms with Crippen LogP contribution in [0.3, 0.4) is 0 Å². The Hall–Kier alpha value is -4.20. The molecule has 0 heterocycles. The molecular formula is C34H55N5O9. The molecule has 270 valence electrons. The Morgan fingerprint density at radius 3 is 2.06 bits per heavy atom. The molecule has 0 aliphatic rings. The van der Waals surface area contributed by atoms with Crippen LogP contribution in [0.15, 0.2) is 30.3 Å². The number of hydrogen-bond donors (Lipinski definition) is 6. The Morgan fingerprint density at radius 1 is 0.875 bits per heavy atom. The zero-order chi connectivity index (χ0) is 36.5. The molecule has 0 radical (unpaired) electrons. The number of methoxy groups -OCH3 is 1. The molecule has 4 atom stereocenters. The van der Waals surface area contributed by atoms with Gasteiger partial charge in [-0.15, -0.1) is 0 Å². The summed E-state index contributed by atoms with van der Waals surface area (Å²) in [5, 5.41) is 22.9. The van der Waals surface area contributed by atoms with Crippen LogP contribution in [-0.4, -0.2) is 83.7 Å². The van der Waals surface area contributed by atoms with Crippen LogP contribution in [0.5, 0.6) is 0 Å². The second kappa shape index (κ2) is 20.2. The molecule has 1 aromatic carbocycles. The van der Waals surface area contributed by atoms with E-state index in [-0.39, 0.29) is 44.8 Å². The van der Waals surface area contributed by atoms with Gasteiger partial charge in [-0.25, -0.2) is 4.79 Å². The van der Waals surface area contributed by atoms with Crippen LogP contribution >= 0.6 is 0 Å². The van der Waals surface area contributed by atoms with E-state index in [0.717, 1.165) is 5.56 Å². The highest BCUT2D eigenvalue weighted by Crippen LogP contribution is 2.21. The molecule has 1 aromatic rings. The van der Waals surface area contributed by atoms with Crippen LogP contribution in [0, 0.1) is 5.92 Å². The summed E-state index contributed by atoms with van der Waals surface area (Å²) in [7, 11) is 1.20. The van der Waals surface area contributed by atoms with Crippen molar-refractivity contribution in [3.05, 3.63) is 35.9 Å². The van der Waals surface area contributed by atoms with Crippen LogP contribution < -0.4 is 26.6 Å². The van der Waals surface area contributed by atoms with Gasteiger partial charge in [-0.05, 0) is 57.9 Å². The van der Waals surface area contributed by atoms with Crippen LogP contribution in [0.25, 0.3) is 0 Å². The number of aliphatic hydroxyl groups is 1. The summed E-state index contributed by atoms with van der Waals surface area (Å²) in [6, 6.07) is 6.22. The first-order chi connectivity index (χ1) is 22.5. The third kappa shape index (κ3) is 13.9.